The number of carbonyl (C=O) groups excluding carboxylic acids is 1. The average molecular weight is 424 g/mol. The Morgan fingerprint density at radius 3 is 2.71 bits per heavy atom. The van der Waals surface area contributed by atoms with Crippen molar-refractivity contribution in [2.24, 2.45) is 4.99 Å². The van der Waals surface area contributed by atoms with Crippen molar-refractivity contribution < 1.29 is 4.79 Å². The summed E-state index contributed by atoms with van der Waals surface area (Å²) in [5, 5.41) is 8.14. The van der Waals surface area contributed by atoms with Crippen LogP contribution in [0.15, 0.2) is 22.5 Å². The molecule has 2 N–H and O–H groups in total. The molecule has 1 aromatic rings. The van der Waals surface area contributed by atoms with Crippen molar-refractivity contribution in [3.8, 4) is 0 Å². The summed E-state index contributed by atoms with van der Waals surface area (Å²) in [6.45, 7) is 5.31. The monoisotopic (exact) mass is 424 g/mol. The van der Waals surface area contributed by atoms with Gasteiger partial charge in [0.15, 0.2) is 5.96 Å². The first-order chi connectivity index (χ1) is 9.52. The van der Waals surface area contributed by atoms with E-state index in [9.17, 15) is 4.79 Å². The van der Waals surface area contributed by atoms with E-state index in [0.29, 0.717) is 13.0 Å². The maximum absolute atomic E-state index is 11.5. The molecule has 21 heavy (non-hydrogen) atoms. The third-order valence-electron chi connectivity index (χ3n) is 2.63. The first kappa shape index (κ1) is 20.2. The molecule has 0 saturated carbocycles. The third kappa shape index (κ3) is 8.25. The minimum Gasteiger partial charge on any atom is -0.356 e. The summed E-state index contributed by atoms with van der Waals surface area (Å²) in [5.74, 6) is 0.861. The molecule has 1 heterocycles. The number of halogens is 1. The quantitative estimate of drug-likeness (QED) is 0.419. The minimum atomic E-state index is 0. The summed E-state index contributed by atoms with van der Waals surface area (Å²) >= 11 is 1.73. The van der Waals surface area contributed by atoms with Crippen LogP contribution in [0.1, 0.15) is 25.1 Å². The van der Waals surface area contributed by atoms with Crippen LogP contribution < -0.4 is 10.6 Å². The Morgan fingerprint density at radius 2 is 2.19 bits per heavy atom. The highest BCUT2D eigenvalue weighted by molar-refractivity contribution is 14.0. The van der Waals surface area contributed by atoms with Crippen LogP contribution >= 0.6 is 35.3 Å². The van der Waals surface area contributed by atoms with Crippen molar-refractivity contribution in [1.29, 1.82) is 0 Å². The normalized spacial score (nSPS) is 11.0. The molecule has 1 rings (SSSR count). The summed E-state index contributed by atoms with van der Waals surface area (Å²) in [7, 11) is 3.74. The molecule has 0 aliphatic heterocycles. The first-order valence-electron chi connectivity index (χ1n) is 6.76. The summed E-state index contributed by atoms with van der Waals surface area (Å²) < 4.78 is 0. The van der Waals surface area contributed by atoms with Gasteiger partial charge in [0.1, 0.15) is 0 Å². The van der Waals surface area contributed by atoms with E-state index in [0.717, 1.165) is 12.5 Å². The number of guanidine groups is 1. The van der Waals surface area contributed by atoms with E-state index in [-0.39, 0.29) is 35.9 Å². The highest BCUT2D eigenvalue weighted by Crippen LogP contribution is 2.10. The van der Waals surface area contributed by atoms with E-state index in [1.807, 2.05) is 31.9 Å². The van der Waals surface area contributed by atoms with Crippen molar-refractivity contribution in [2.45, 2.75) is 32.9 Å². The highest BCUT2D eigenvalue weighted by atomic mass is 127. The zero-order valence-electron chi connectivity index (χ0n) is 13.0. The Morgan fingerprint density at radius 1 is 1.48 bits per heavy atom. The molecule has 0 fully saturated rings. The van der Waals surface area contributed by atoms with Gasteiger partial charge in [-0.05, 0) is 25.3 Å². The molecule has 0 unspecified atom stereocenters. The van der Waals surface area contributed by atoms with Gasteiger partial charge in [0.05, 0.1) is 6.54 Å². The molecule has 0 aliphatic carbocycles. The Balaban J connectivity index is 0.00000400. The number of hydrogen-bond donors (Lipinski definition) is 2. The number of rotatable bonds is 6. The fourth-order valence-electron chi connectivity index (χ4n) is 1.78. The van der Waals surface area contributed by atoms with Crippen molar-refractivity contribution in [3.05, 3.63) is 22.4 Å². The average Bonchev–Trinajstić information content (AvgIpc) is 2.86. The van der Waals surface area contributed by atoms with Crippen LogP contribution in [0.3, 0.4) is 0 Å². The highest BCUT2D eigenvalue weighted by Gasteiger charge is 2.08. The van der Waals surface area contributed by atoms with Crippen LogP contribution in [0.25, 0.3) is 0 Å². The van der Waals surface area contributed by atoms with E-state index in [4.69, 9.17) is 0 Å². The van der Waals surface area contributed by atoms with Gasteiger partial charge in [0.25, 0.3) is 0 Å². The van der Waals surface area contributed by atoms with Gasteiger partial charge in [-0.15, -0.1) is 35.3 Å². The smallest absolute Gasteiger partial charge is 0.221 e. The van der Waals surface area contributed by atoms with Gasteiger partial charge in [-0.2, -0.15) is 0 Å². The zero-order chi connectivity index (χ0) is 15.0. The number of nitrogens with zero attached hydrogens (tertiary/aromatic N) is 2. The minimum absolute atomic E-state index is 0. The van der Waals surface area contributed by atoms with Crippen molar-refractivity contribution in [2.75, 3.05) is 20.6 Å². The van der Waals surface area contributed by atoms with Crippen LogP contribution in [0.4, 0.5) is 0 Å². The predicted molar refractivity (Wildman–Crippen MR) is 100 cm³/mol. The number of thiophene rings is 1. The molecule has 0 radical (unpaired) electrons. The van der Waals surface area contributed by atoms with Crippen LogP contribution in [0, 0.1) is 0 Å². The van der Waals surface area contributed by atoms with Gasteiger partial charge in [-0.1, -0.05) is 6.07 Å². The second-order valence-electron chi connectivity index (χ2n) is 4.88. The number of hydrogen-bond acceptors (Lipinski definition) is 3. The molecule has 0 bridgehead atoms. The fraction of sp³-hybridized carbons (Fsp3) is 0.571. The fourth-order valence-corrected chi connectivity index (χ4v) is 2.54. The molecular formula is C14H25IN4OS. The molecule has 1 aromatic heterocycles. The lowest BCUT2D eigenvalue weighted by atomic mass is 10.3. The predicted octanol–water partition coefficient (Wildman–Crippen LogP) is 2.29. The SMILES string of the molecule is CN=C(NCCC(=O)NC(C)C)N(C)Cc1cccs1.I. The molecule has 0 aromatic carbocycles. The lowest BCUT2D eigenvalue weighted by Gasteiger charge is -2.21. The number of nitrogens with one attached hydrogen (secondary N) is 2. The summed E-state index contributed by atoms with van der Waals surface area (Å²) in [6.07, 6.45) is 0.448. The molecule has 5 nitrogen and oxygen atoms in total. The van der Waals surface area contributed by atoms with Crippen LogP contribution in [0.2, 0.25) is 0 Å². The van der Waals surface area contributed by atoms with Crippen molar-refractivity contribution in [1.82, 2.24) is 15.5 Å². The zero-order valence-corrected chi connectivity index (χ0v) is 16.2. The van der Waals surface area contributed by atoms with Gasteiger partial charge in [0, 0.05) is 38.0 Å². The molecule has 7 heteroatoms. The Kier molecular flexibility index (Phi) is 10.4. The first-order valence-corrected chi connectivity index (χ1v) is 7.64. The second kappa shape index (κ2) is 10.8. The van der Waals surface area contributed by atoms with E-state index in [2.05, 4.69) is 27.1 Å². The van der Waals surface area contributed by atoms with Gasteiger partial charge >= 0.3 is 0 Å². The second-order valence-corrected chi connectivity index (χ2v) is 5.91. The summed E-state index contributed by atoms with van der Waals surface area (Å²) in [5.41, 5.74) is 0. The summed E-state index contributed by atoms with van der Waals surface area (Å²) in [4.78, 5) is 19.1. The molecule has 1 amide bonds. The largest absolute Gasteiger partial charge is 0.356 e. The van der Waals surface area contributed by atoms with E-state index in [1.165, 1.54) is 4.88 Å². The Bertz CT molecular complexity index is 434. The van der Waals surface area contributed by atoms with Crippen molar-refractivity contribution >= 4 is 47.2 Å². The van der Waals surface area contributed by atoms with Crippen LogP contribution in [-0.2, 0) is 11.3 Å². The topological polar surface area (TPSA) is 56.7 Å². The van der Waals surface area contributed by atoms with Gasteiger partial charge in [-0.3, -0.25) is 9.79 Å². The van der Waals surface area contributed by atoms with Gasteiger partial charge in [0.2, 0.25) is 5.91 Å². The lowest BCUT2D eigenvalue weighted by Crippen LogP contribution is -2.40. The third-order valence-corrected chi connectivity index (χ3v) is 3.49. The lowest BCUT2D eigenvalue weighted by molar-refractivity contribution is -0.121. The van der Waals surface area contributed by atoms with E-state index >= 15 is 0 Å². The van der Waals surface area contributed by atoms with E-state index < -0.39 is 0 Å². The Labute approximate surface area is 148 Å². The maximum atomic E-state index is 11.5. The molecule has 0 atom stereocenters. The number of aliphatic imine (C=N–C) groups is 1. The van der Waals surface area contributed by atoms with Crippen molar-refractivity contribution in [3.63, 3.8) is 0 Å². The number of amides is 1. The molecule has 0 saturated heterocycles. The molecule has 120 valence electrons. The standard InChI is InChI=1S/C14H24N4OS.HI/c1-11(2)17-13(19)7-8-16-14(15-3)18(4)10-12-6-5-9-20-12;/h5-6,9,11H,7-8,10H2,1-4H3,(H,15,16)(H,17,19);1H. The van der Waals surface area contributed by atoms with E-state index in [1.54, 1.807) is 18.4 Å². The molecule has 0 aliphatic rings. The summed E-state index contributed by atoms with van der Waals surface area (Å²) in [6, 6.07) is 4.33. The van der Waals surface area contributed by atoms with Gasteiger partial charge < -0.3 is 15.5 Å². The van der Waals surface area contributed by atoms with Crippen LogP contribution in [-0.4, -0.2) is 43.4 Å². The molecular weight excluding hydrogens is 399 g/mol. The molecule has 0 spiro atoms. The maximum Gasteiger partial charge on any atom is 0.221 e. The number of carbonyl (C=O) groups is 1. The van der Waals surface area contributed by atoms with Crippen LogP contribution in [0.5, 0.6) is 0 Å². The van der Waals surface area contributed by atoms with Gasteiger partial charge in [-0.25, -0.2) is 0 Å². The Hall–Kier alpha value is -0.830.